The molecule has 0 aliphatic carbocycles. The van der Waals surface area contributed by atoms with E-state index in [9.17, 15) is 4.79 Å². The number of ether oxygens (including phenoxy) is 2. The van der Waals surface area contributed by atoms with Gasteiger partial charge in [-0.1, -0.05) is 22.0 Å². The molecular formula is C16H22BrNO3. The maximum Gasteiger partial charge on any atom is 0.337 e. The van der Waals surface area contributed by atoms with Crippen LogP contribution in [0.5, 0.6) is 0 Å². The second kappa shape index (κ2) is 8.51. The molecule has 1 fully saturated rings. The summed E-state index contributed by atoms with van der Waals surface area (Å²) in [6.45, 7) is 2.62. The van der Waals surface area contributed by atoms with Crippen molar-refractivity contribution in [1.82, 2.24) is 5.32 Å². The lowest BCUT2D eigenvalue weighted by Crippen LogP contribution is -2.25. The first kappa shape index (κ1) is 16.5. The van der Waals surface area contributed by atoms with Crippen LogP contribution >= 0.6 is 15.9 Å². The molecule has 1 N–H and O–H groups in total. The predicted molar refractivity (Wildman–Crippen MR) is 85.4 cm³/mol. The third-order valence-corrected chi connectivity index (χ3v) is 4.44. The second-order valence-electron chi connectivity index (χ2n) is 5.25. The molecule has 0 radical (unpaired) electrons. The van der Waals surface area contributed by atoms with Crippen LogP contribution in [0, 0.1) is 0 Å². The minimum absolute atomic E-state index is 0.315. The van der Waals surface area contributed by atoms with Crippen LogP contribution in [-0.4, -0.2) is 32.3 Å². The predicted octanol–water partition coefficient (Wildman–Crippen LogP) is 3.28. The van der Waals surface area contributed by atoms with Gasteiger partial charge in [-0.3, -0.25) is 0 Å². The van der Waals surface area contributed by atoms with Crippen LogP contribution in [0.1, 0.15) is 41.6 Å². The fourth-order valence-corrected chi connectivity index (χ4v) is 2.98. The first-order valence-corrected chi connectivity index (χ1v) is 8.19. The van der Waals surface area contributed by atoms with E-state index in [1.54, 1.807) is 12.1 Å². The smallest absolute Gasteiger partial charge is 0.337 e. The molecule has 0 aromatic heterocycles. The molecule has 1 aliphatic rings. The maximum atomic E-state index is 11.4. The number of esters is 1. The highest BCUT2D eigenvalue weighted by Gasteiger charge is 2.13. The average molecular weight is 356 g/mol. The van der Waals surface area contributed by atoms with Crippen LogP contribution in [0.2, 0.25) is 0 Å². The molecule has 1 saturated heterocycles. The van der Waals surface area contributed by atoms with Gasteiger partial charge in [-0.15, -0.1) is 0 Å². The average Bonchev–Trinajstić information content (AvgIpc) is 2.53. The lowest BCUT2D eigenvalue weighted by molar-refractivity contribution is 0.0115. The quantitative estimate of drug-likeness (QED) is 0.628. The van der Waals surface area contributed by atoms with Crippen molar-refractivity contribution >= 4 is 21.9 Å². The van der Waals surface area contributed by atoms with E-state index in [1.807, 2.05) is 6.07 Å². The molecule has 4 nitrogen and oxygen atoms in total. The van der Waals surface area contributed by atoms with E-state index >= 15 is 0 Å². The van der Waals surface area contributed by atoms with Gasteiger partial charge in [0.15, 0.2) is 0 Å². The Labute approximate surface area is 134 Å². The summed E-state index contributed by atoms with van der Waals surface area (Å²) in [5.41, 5.74) is 1.69. The third-order valence-electron chi connectivity index (χ3n) is 3.71. The van der Waals surface area contributed by atoms with E-state index < -0.39 is 0 Å². The van der Waals surface area contributed by atoms with Crippen molar-refractivity contribution in [2.45, 2.75) is 38.3 Å². The van der Waals surface area contributed by atoms with Crippen molar-refractivity contribution in [3.8, 4) is 0 Å². The van der Waals surface area contributed by atoms with E-state index in [0.29, 0.717) is 11.7 Å². The first-order valence-electron chi connectivity index (χ1n) is 7.40. The van der Waals surface area contributed by atoms with Gasteiger partial charge in [-0.25, -0.2) is 4.79 Å². The van der Waals surface area contributed by atoms with Crippen LogP contribution in [0.25, 0.3) is 0 Å². The van der Waals surface area contributed by atoms with Gasteiger partial charge in [0, 0.05) is 17.6 Å². The Hall–Kier alpha value is -0.910. The fraction of sp³-hybridized carbons (Fsp3) is 0.562. The van der Waals surface area contributed by atoms with Crippen molar-refractivity contribution in [3.63, 3.8) is 0 Å². The molecule has 0 spiro atoms. The molecular weight excluding hydrogens is 334 g/mol. The standard InChI is InChI=1S/C16H22BrNO3/c1-20-16(19)12-5-6-13(15(17)10-12)11-18-8-7-14-4-2-3-9-21-14/h5-6,10,14,18H,2-4,7-9,11H2,1H3. The Morgan fingerprint density at radius 1 is 1.48 bits per heavy atom. The zero-order chi connectivity index (χ0) is 15.1. The lowest BCUT2D eigenvalue weighted by atomic mass is 10.1. The summed E-state index contributed by atoms with van der Waals surface area (Å²) in [5.74, 6) is -0.315. The van der Waals surface area contributed by atoms with Gasteiger partial charge >= 0.3 is 5.97 Å². The SMILES string of the molecule is COC(=O)c1ccc(CNCCC2CCCCO2)c(Br)c1. The Kier molecular flexibility index (Phi) is 6.67. The van der Waals surface area contributed by atoms with Crippen LogP contribution < -0.4 is 5.32 Å². The Morgan fingerprint density at radius 3 is 3.00 bits per heavy atom. The van der Waals surface area contributed by atoms with Crippen molar-refractivity contribution in [2.24, 2.45) is 0 Å². The summed E-state index contributed by atoms with van der Waals surface area (Å²) in [6, 6.07) is 5.53. The van der Waals surface area contributed by atoms with Crippen LogP contribution in [0.3, 0.4) is 0 Å². The zero-order valence-electron chi connectivity index (χ0n) is 12.4. The minimum Gasteiger partial charge on any atom is -0.465 e. The molecule has 1 atom stereocenters. The summed E-state index contributed by atoms with van der Waals surface area (Å²) in [7, 11) is 1.39. The number of rotatable bonds is 6. The van der Waals surface area contributed by atoms with E-state index in [0.717, 1.165) is 36.2 Å². The van der Waals surface area contributed by atoms with Gasteiger partial charge < -0.3 is 14.8 Å². The lowest BCUT2D eigenvalue weighted by Gasteiger charge is -2.22. The van der Waals surface area contributed by atoms with Gasteiger partial charge in [0.2, 0.25) is 0 Å². The van der Waals surface area contributed by atoms with E-state index in [4.69, 9.17) is 9.47 Å². The van der Waals surface area contributed by atoms with Crippen molar-refractivity contribution < 1.29 is 14.3 Å². The van der Waals surface area contributed by atoms with Crippen molar-refractivity contribution in [2.75, 3.05) is 20.3 Å². The molecule has 1 aromatic rings. The molecule has 5 heteroatoms. The number of hydrogen-bond acceptors (Lipinski definition) is 4. The Morgan fingerprint density at radius 2 is 2.33 bits per heavy atom. The second-order valence-corrected chi connectivity index (χ2v) is 6.11. The highest BCUT2D eigenvalue weighted by Crippen LogP contribution is 2.19. The Bertz CT molecular complexity index is 473. The molecule has 0 saturated carbocycles. The van der Waals surface area contributed by atoms with Gasteiger partial charge in [0.1, 0.15) is 0 Å². The molecule has 0 bridgehead atoms. The highest BCUT2D eigenvalue weighted by molar-refractivity contribution is 9.10. The number of hydrogen-bond donors (Lipinski definition) is 1. The molecule has 0 amide bonds. The topological polar surface area (TPSA) is 47.6 Å². The number of methoxy groups -OCH3 is 1. The largest absolute Gasteiger partial charge is 0.465 e. The first-order chi connectivity index (χ1) is 10.2. The summed E-state index contributed by atoms with van der Waals surface area (Å²) >= 11 is 3.50. The number of halogens is 1. The van der Waals surface area contributed by atoms with E-state index in [2.05, 4.69) is 21.2 Å². The fourth-order valence-electron chi connectivity index (χ4n) is 2.46. The van der Waals surface area contributed by atoms with Crippen molar-refractivity contribution in [1.29, 1.82) is 0 Å². The molecule has 1 unspecified atom stereocenters. The minimum atomic E-state index is -0.315. The third kappa shape index (κ3) is 5.09. The Balaban J connectivity index is 1.76. The summed E-state index contributed by atoms with van der Waals surface area (Å²) in [4.78, 5) is 11.4. The van der Waals surface area contributed by atoms with E-state index in [1.165, 1.54) is 26.4 Å². The summed E-state index contributed by atoms with van der Waals surface area (Å²) in [6.07, 6.45) is 5.13. The van der Waals surface area contributed by atoms with Crippen LogP contribution in [0.15, 0.2) is 22.7 Å². The van der Waals surface area contributed by atoms with Crippen LogP contribution in [0.4, 0.5) is 0 Å². The number of carbonyl (C=O) groups excluding carboxylic acids is 1. The van der Waals surface area contributed by atoms with Gasteiger partial charge in [0.05, 0.1) is 18.8 Å². The van der Waals surface area contributed by atoms with E-state index in [-0.39, 0.29) is 5.97 Å². The number of benzene rings is 1. The van der Waals surface area contributed by atoms with Gasteiger partial charge in [-0.05, 0) is 49.9 Å². The molecule has 2 rings (SSSR count). The normalized spacial score (nSPS) is 18.5. The molecule has 116 valence electrons. The molecule has 1 heterocycles. The molecule has 1 aromatic carbocycles. The maximum absolute atomic E-state index is 11.4. The molecule has 1 aliphatic heterocycles. The monoisotopic (exact) mass is 355 g/mol. The molecule has 21 heavy (non-hydrogen) atoms. The summed E-state index contributed by atoms with van der Waals surface area (Å²) in [5, 5.41) is 3.43. The van der Waals surface area contributed by atoms with Gasteiger partial charge in [-0.2, -0.15) is 0 Å². The number of nitrogens with one attached hydrogen (secondary N) is 1. The van der Waals surface area contributed by atoms with Crippen molar-refractivity contribution in [3.05, 3.63) is 33.8 Å². The highest BCUT2D eigenvalue weighted by atomic mass is 79.9. The number of carbonyl (C=O) groups is 1. The van der Waals surface area contributed by atoms with Gasteiger partial charge in [0.25, 0.3) is 0 Å². The zero-order valence-corrected chi connectivity index (χ0v) is 13.9. The van der Waals surface area contributed by atoms with Crippen LogP contribution in [-0.2, 0) is 16.0 Å². The summed E-state index contributed by atoms with van der Waals surface area (Å²) < 4.78 is 11.3.